The first-order valence-corrected chi connectivity index (χ1v) is 6.45. The van der Waals surface area contributed by atoms with Gasteiger partial charge in [-0.15, -0.1) is 0 Å². The minimum atomic E-state index is 0.787. The molecule has 0 bridgehead atoms. The fourth-order valence-electron chi connectivity index (χ4n) is 2.08. The van der Waals surface area contributed by atoms with Crippen molar-refractivity contribution in [3.63, 3.8) is 0 Å². The van der Waals surface area contributed by atoms with Crippen LogP contribution in [0, 0.1) is 0 Å². The highest BCUT2D eigenvalue weighted by molar-refractivity contribution is 9.10. The Balaban J connectivity index is 2.02. The van der Waals surface area contributed by atoms with E-state index in [1.54, 1.807) is 6.20 Å². The minimum Gasteiger partial charge on any atom is -0.399 e. The molecule has 0 saturated carbocycles. The van der Waals surface area contributed by atoms with Crippen LogP contribution >= 0.6 is 15.9 Å². The summed E-state index contributed by atoms with van der Waals surface area (Å²) in [6, 6.07) is 10.1. The van der Waals surface area contributed by atoms with Gasteiger partial charge in [-0.05, 0) is 51.1 Å². The number of benzene rings is 1. The average molecular weight is 302 g/mol. The van der Waals surface area contributed by atoms with E-state index in [-0.39, 0.29) is 0 Å². The van der Waals surface area contributed by atoms with Crippen LogP contribution in [0.3, 0.4) is 0 Å². The zero-order valence-corrected chi connectivity index (χ0v) is 11.3. The molecular weight excluding hydrogens is 290 g/mol. The molecule has 0 spiro atoms. The van der Waals surface area contributed by atoms with Gasteiger partial charge in [0.05, 0.1) is 5.52 Å². The number of nitrogens with two attached hydrogens (primary N) is 1. The van der Waals surface area contributed by atoms with Gasteiger partial charge in [0.2, 0.25) is 0 Å². The van der Waals surface area contributed by atoms with Crippen LogP contribution in [-0.2, 0) is 6.54 Å². The smallest absolute Gasteiger partial charge is 0.0504 e. The Morgan fingerprint density at radius 2 is 2.06 bits per heavy atom. The molecule has 3 nitrogen and oxygen atoms in total. The molecule has 0 aliphatic carbocycles. The van der Waals surface area contributed by atoms with Gasteiger partial charge in [-0.25, -0.2) is 0 Å². The van der Waals surface area contributed by atoms with E-state index < -0.39 is 0 Å². The van der Waals surface area contributed by atoms with E-state index in [1.807, 2.05) is 24.4 Å². The second-order valence-corrected chi connectivity index (χ2v) is 5.19. The number of anilines is 1. The van der Waals surface area contributed by atoms with E-state index in [1.165, 1.54) is 5.39 Å². The fraction of sp³-hybridized carbons (Fsp3) is 0.0714. The van der Waals surface area contributed by atoms with Crippen molar-refractivity contribution in [1.82, 2.24) is 9.55 Å². The van der Waals surface area contributed by atoms with Crippen LogP contribution in [0.2, 0.25) is 0 Å². The lowest BCUT2D eigenvalue weighted by Gasteiger charge is -2.06. The summed E-state index contributed by atoms with van der Waals surface area (Å²) in [5.74, 6) is 0. The van der Waals surface area contributed by atoms with Gasteiger partial charge in [0, 0.05) is 35.3 Å². The highest BCUT2D eigenvalue weighted by atomic mass is 79.9. The molecule has 0 aliphatic rings. The van der Waals surface area contributed by atoms with Crippen molar-refractivity contribution in [3.05, 3.63) is 59.0 Å². The number of aromatic nitrogens is 2. The first-order chi connectivity index (χ1) is 8.72. The predicted octanol–water partition coefficient (Wildman–Crippen LogP) is 3.43. The monoisotopic (exact) mass is 301 g/mol. The summed E-state index contributed by atoms with van der Waals surface area (Å²) in [6.45, 7) is 0.791. The van der Waals surface area contributed by atoms with Gasteiger partial charge in [0.1, 0.15) is 0 Å². The Kier molecular flexibility index (Phi) is 2.80. The summed E-state index contributed by atoms with van der Waals surface area (Å²) < 4.78 is 3.17. The van der Waals surface area contributed by atoms with Gasteiger partial charge in [-0.2, -0.15) is 0 Å². The van der Waals surface area contributed by atoms with Crippen LogP contribution in [0.1, 0.15) is 5.56 Å². The number of halogens is 1. The lowest BCUT2D eigenvalue weighted by molar-refractivity contribution is 0.831. The van der Waals surface area contributed by atoms with Crippen LogP contribution in [-0.4, -0.2) is 9.55 Å². The molecule has 0 amide bonds. The fourth-order valence-corrected chi connectivity index (χ4v) is 2.49. The summed E-state index contributed by atoms with van der Waals surface area (Å²) >= 11 is 3.44. The number of pyridine rings is 1. The van der Waals surface area contributed by atoms with E-state index in [4.69, 9.17) is 5.73 Å². The zero-order chi connectivity index (χ0) is 12.5. The van der Waals surface area contributed by atoms with E-state index in [9.17, 15) is 0 Å². The van der Waals surface area contributed by atoms with Crippen molar-refractivity contribution in [3.8, 4) is 0 Å². The second kappa shape index (κ2) is 4.46. The van der Waals surface area contributed by atoms with Gasteiger partial charge in [0.25, 0.3) is 0 Å². The van der Waals surface area contributed by atoms with Crippen LogP contribution in [0.4, 0.5) is 5.69 Å². The molecule has 2 heterocycles. The van der Waals surface area contributed by atoms with Crippen LogP contribution < -0.4 is 5.73 Å². The van der Waals surface area contributed by atoms with Crippen molar-refractivity contribution < 1.29 is 0 Å². The number of nitrogen functional groups attached to an aromatic ring is 1. The third-order valence-electron chi connectivity index (χ3n) is 2.91. The molecule has 18 heavy (non-hydrogen) atoms. The Bertz CT molecular complexity index is 703. The van der Waals surface area contributed by atoms with Crippen LogP contribution in [0.15, 0.2) is 53.4 Å². The third kappa shape index (κ3) is 2.11. The highest BCUT2D eigenvalue weighted by Crippen LogP contribution is 2.20. The van der Waals surface area contributed by atoms with Gasteiger partial charge in [0.15, 0.2) is 0 Å². The Labute approximate surface area is 113 Å². The molecule has 90 valence electrons. The topological polar surface area (TPSA) is 43.8 Å². The maximum absolute atomic E-state index is 5.84. The molecule has 2 aromatic heterocycles. The molecule has 2 N–H and O–H groups in total. The van der Waals surface area contributed by atoms with E-state index >= 15 is 0 Å². The van der Waals surface area contributed by atoms with E-state index in [2.05, 4.69) is 43.8 Å². The first kappa shape index (κ1) is 11.3. The third-order valence-corrected chi connectivity index (χ3v) is 3.35. The van der Waals surface area contributed by atoms with Gasteiger partial charge >= 0.3 is 0 Å². The molecule has 0 saturated heterocycles. The van der Waals surface area contributed by atoms with Gasteiger partial charge in [-0.3, -0.25) is 4.98 Å². The maximum Gasteiger partial charge on any atom is 0.0504 e. The van der Waals surface area contributed by atoms with Crippen molar-refractivity contribution in [2.24, 2.45) is 0 Å². The summed E-state index contributed by atoms with van der Waals surface area (Å²) in [5, 5.41) is 1.20. The van der Waals surface area contributed by atoms with E-state index in [0.29, 0.717) is 0 Å². The molecule has 0 radical (unpaired) electrons. The normalized spacial score (nSPS) is 10.9. The Hall–Kier alpha value is -1.81. The second-order valence-electron chi connectivity index (χ2n) is 4.27. The Morgan fingerprint density at radius 3 is 2.89 bits per heavy atom. The summed E-state index contributed by atoms with van der Waals surface area (Å²) in [4.78, 5) is 4.18. The molecule has 0 unspecified atom stereocenters. The maximum atomic E-state index is 5.84. The number of nitrogens with zero attached hydrogens (tertiary/aromatic N) is 2. The number of rotatable bonds is 2. The summed E-state index contributed by atoms with van der Waals surface area (Å²) in [7, 11) is 0. The van der Waals surface area contributed by atoms with Crippen molar-refractivity contribution in [1.29, 1.82) is 0 Å². The molecule has 0 fully saturated rings. The molecule has 0 atom stereocenters. The molecular formula is C14H12BrN3. The molecule has 1 aromatic carbocycles. The van der Waals surface area contributed by atoms with Crippen LogP contribution in [0.5, 0.6) is 0 Å². The van der Waals surface area contributed by atoms with Crippen molar-refractivity contribution in [2.45, 2.75) is 6.54 Å². The largest absolute Gasteiger partial charge is 0.399 e. The number of hydrogen-bond donors (Lipinski definition) is 1. The van der Waals surface area contributed by atoms with Crippen LogP contribution in [0.25, 0.3) is 10.9 Å². The summed E-state index contributed by atoms with van der Waals surface area (Å²) in [5.41, 5.74) is 8.93. The number of fused-ring (bicyclic) bond motifs is 1. The first-order valence-electron chi connectivity index (χ1n) is 5.66. The molecule has 4 heteroatoms. The van der Waals surface area contributed by atoms with Crippen molar-refractivity contribution >= 4 is 32.5 Å². The minimum absolute atomic E-state index is 0.787. The highest BCUT2D eigenvalue weighted by Gasteiger charge is 2.03. The standard InChI is InChI=1S/C14H12BrN3/c15-12-5-10(7-17-8-12)9-18-4-3-11-1-2-13(16)6-14(11)18/h1-8H,9,16H2. The SMILES string of the molecule is Nc1ccc2ccn(Cc3cncc(Br)c3)c2c1. The lowest BCUT2D eigenvalue weighted by Crippen LogP contribution is -1.98. The quantitative estimate of drug-likeness (QED) is 0.737. The van der Waals surface area contributed by atoms with Crippen molar-refractivity contribution in [2.75, 3.05) is 5.73 Å². The van der Waals surface area contributed by atoms with Gasteiger partial charge in [-0.1, -0.05) is 6.07 Å². The lowest BCUT2D eigenvalue weighted by atomic mass is 10.2. The summed E-state index contributed by atoms with van der Waals surface area (Å²) in [6.07, 6.45) is 5.74. The molecule has 3 aromatic rings. The van der Waals surface area contributed by atoms with Gasteiger partial charge < -0.3 is 10.3 Å². The average Bonchev–Trinajstić information content (AvgIpc) is 2.72. The predicted molar refractivity (Wildman–Crippen MR) is 77.4 cm³/mol. The Morgan fingerprint density at radius 1 is 1.17 bits per heavy atom. The number of hydrogen-bond acceptors (Lipinski definition) is 2. The molecule has 3 rings (SSSR count). The van der Waals surface area contributed by atoms with E-state index in [0.717, 1.165) is 27.8 Å². The zero-order valence-electron chi connectivity index (χ0n) is 9.68. The molecule has 0 aliphatic heterocycles.